The molecule has 0 fully saturated rings. The molecule has 0 saturated carbocycles. The first kappa shape index (κ1) is 22.6. The number of carbonyl (C=O) groups excluding carboxylic acids is 1. The molecule has 0 saturated heterocycles. The predicted octanol–water partition coefficient (Wildman–Crippen LogP) is 4.12. The summed E-state index contributed by atoms with van der Waals surface area (Å²) in [6.07, 6.45) is 0.186. The van der Waals surface area contributed by atoms with Crippen LogP contribution in [0.25, 0.3) is 0 Å². The summed E-state index contributed by atoms with van der Waals surface area (Å²) in [5.41, 5.74) is 2.55. The highest BCUT2D eigenvalue weighted by Crippen LogP contribution is 2.32. The first-order valence-corrected chi connectivity index (χ1v) is 10.5. The summed E-state index contributed by atoms with van der Waals surface area (Å²) in [6, 6.07) is 14.5. The lowest BCUT2D eigenvalue weighted by molar-refractivity contribution is -0.143. The molecule has 1 amide bonds. The molecule has 2 aromatic carbocycles. The van der Waals surface area contributed by atoms with Gasteiger partial charge in [0.1, 0.15) is 17.4 Å². The maximum Gasteiger partial charge on any atom is 0.407 e. The first-order chi connectivity index (χ1) is 14.7. The molecule has 31 heavy (non-hydrogen) atoms. The smallest absolute Gasteiger partial charge is 0.407 e. The van der Waals surface area contributed by atoms with Crippen LogP contribution in [0.2, 0.25) is 0 Å². The van der Waals surface area contributed by atoms with Gasteiger partial charge in [0, 0.05) is 19.6 Å². The number of carboxylic acids is 1. The number of aliphatic carboxylic acids is 1. The van der Waals surface area contributed by atoms with Crippen LogP contribution in [-0.4, -0.2) is 40.8 Å². The van der Waals surface area contributed by atoms with E-state index >= 15 is 0 Å². The zero-order chi connectivity index (χ0) is 22.4. The van der Waals surface area contributed by atoms with Gasteiger partial charge in [-0.25, -0.2) is 4.79 Å². The van der Waals surface area contributed by atoms with E-state index in [4.69, 9.17) is 9.47 Å². The fourth-order valence-electron chi connectivity index (χ4n) is 3.56. The van der Waals surface area contributed by atoms with E-state index in [1.807, 2.05) is 49.9 Å². The van der Waals surface area contributed by atoms with Crippen molar-refractivity contribution in [1.29, 1.82) is 0 Å². The van der Waals surface area contributed by atoms with Crippen molar-refractivity contribution in [3.8, 4) is 5.75 Å². The van der Waals surface area contributed by atoms with Gasteiger partial charge >= 0.3 is 12.1 Å². The molecular formula is C24H30N2O5. The van der Waals surface area contributed by atoms with Gasteiger partial charge in [-0.15, -0.1) is 0 Å². The number of alkyl carbamates (subject to hydrolysis) is 1. The Kier molecular flexibility index (Phi) is 7.17. The van der Waals surface area contributed by atoms with Crippen LogP contribution >= 0.6 is 0 Å². The number of ether oxygens (including phenoxy) is 2. The number of rotatable bonds is 8. The number of nitrogens with one attached hydrogen (secondary N) is 1. The van der Waals surface area contributed by atoms with Gasteiger partial charge in [-0.05, 0) is 56.0 Å². The second-order valence-corrected chi connectivity index (χ2v) is 8.61. The van der Waals surface area contributed by atoms with E-state index in [0.717, 1.165) is 5.56 Å². The maximum atomic E-state index is 12.0. The van der Waals surface area contributed by atoms with Gasteiger partial charge in [0.2, 0.25) is 0 Å². The number of nitrogens with zero attached hydrogens (tertiary/aromatic N) is 1. The third-order valence-corrected chi connectivity index (χ3v) is 4.92. The molecule has 7 heteroatoms. The van der Waals surface area contributed by atoms with Crippen LogP contribution in [-0.2, 0) is 22.6 Å². The highest BCUT2D eigenvalue weighted by atomic mass is 16.6. The normalized spacial score (nSPS) is 14.5. The summed E-state index contributed by atoms with van der Waals surface area (Å²) < 4.78 is 10.9. The van der Waals surface area contributed by atoms with Crippen molar-refractivity contribution in [2.24, 2.45) is 0 Å². The SMILES string of the molecule is CC(C)(C)OC(=O)NCCCOc1ccc([C@@H](C(=O)O)N2Cc3ccccc3C2)cc1. The van der Waals surface area contributed by atoms with Gasteiger partial charge in [0.05, 0.1) is 6.61 Å². The third-order valence-electron chi connectivity index (χ3n) is 4.92. The van der Waals surface area contributed by atoms with Gasteiger partial charge < -0.3 is 19.9 Å². The zero-order valence-corrected chi connectivity index (χ0v) is 18.3. The van der Waals surface area contributed by atoms with Crippen LogP contribution in [0.1, 0.15) is 49.9 Å². The molecule has 1 aliphatic heterocycles. The number of carboxylic acid groups (broad SMARTS) is 1. The minimum atomic E-state index is -0.866. The van der Waals surface area contributed by atoms with Crippen LogP contribution in [0.5, 0.6) is 5.75 Å². The van der Waals surface area contributed by atoms with E-state index in [0.29, 0.717) is 38.4 Å². The number of amides is 1. The van der Waals surface area contributed by atoms with Gasteiger partial charge in [-0.1, -0.05) is 36.4 Å². The molecule has 7 nitrogen and oxygen atoms in total. The summed E-state index contributed by atoms with van der Waals surface area (Å²) in [5, 5.41) is 12.5. The van der Waals surface area contributed by atoms with E-state index in [9.17, 15) is 14.7 Å². The molecule has 2 N–H and O–H groups in total. The Morgan fingerprint density at radius 2 is 1.68 bits per heavy atom. The van der Waals surface area contributed by atoms with Gasteiger partial charge in [0.25, 0.3) is 0 Å². The second kappa shape index (κ2) is 9.83. The highest BCUT2D eigenvalue weighted by Gasteiger charge is 2.31. The van der Waals surface area contributed by atoms with Crippen LogP contribution in [0, 0.1) is 0 Å². The van der Waals surface area contributed by atoms with Crippen LogP contribution in [0.4, 0.5) is 4.79 Å². The van der Waals surface area contributed by atoms with Gasteiger partial charge in [-0.2, -0.15) is 0 Å². The Bertz CT molecular complexity index is 880. The molecule has 1 aliphatic rings. The van der Waals surface area contributed by atoms with E-state index in [2.05, 4.69) is 5.32 Å². The molecule has 0 unspecified atom stereocenters. The van der Waals surface area contributed by atoms with E-state index < -0.39 is 23.7 Å². The van der Waals surface area contributed by atoms with E-state index in [1.54, 1.807) is 24.3 Å². The summed E-state index contributed by atoms with van der Waals surface area (Å²) >= 11 is 0. The van der Waals surface area contributed by atoms with E-state index in [1.165, 1.54) is 11.1 Å². The molecule has 166 valence electrons. The molecule has 0 spiro atoms. The summed E-state index contributed by atoms with van der Waals surface area (Å²) in [6.45, 7) is 7.57. The Balaban J connectivity index is 1.49. The minimum Gasteiger partial charge on any atom is -0.494 e. The highest BCUT2D eigenvalue weighted by molar-refractivity contribution is 5.75. The Hall–Kier alpha value is -3.06. The first-order valence-electron chi connectivity index (χ1n) is 10.5. The quantitative estimate of drug-likeness (QED) is 0.618. The third kappa shape index (κ3) is 6.46. The van der Waals surface area contributed by atoms with Crippen LogP contribution in [0.3, 0.4) is 0 Å². The number of hydrogen-bond donors (Lipinski definition) is 2. The van der Waals surface area contributed by atoms with Crippen molar-refractivity contribution in [3.05, 3.63) is 65.2 Å². The number of carbonyl (C=O) groups is 2. The molecule has 0 bridgehead atoms. The summed E-state index contributed by atoms with van der Waals surface area (Å²) in [5.74, 6) is -0.204. The Morgan fingerprint density at radius 3 is 2.23 bits per heavy atom. The summed E-state index contributed by atoms with van der Waals surface area (Å²) in [4.78, 5) is 25.6. The molecular weight excluding hydrogens is 396 g/mol. The predicted molar refractivity (Wildman–Crippen MR) is 117 cm³/mol. The monoisotopic (exact) mass is 426 g/mol. The number of fused-ring (bicyclic) bond motifs is 1. The van der Waals surface area contributed by atoms with Crippen molar-refractivity contribution in [3.63, 3.8) is 0 Å². The fraction of sp³-hybridized carbons (Fsp3) is 0.417. The van der Waals surface area contributed by atoms with Crippen LogP contribution in [0.15, 0.2) is 48.5 Å². The molecule has 2 aromatic rings. The standard InChI is InChI=1S/C24H30N2O5/c1-24(2,3)31-23(29)25-13-6-14-30-20-11-9-17(10-12-20)21(22(27)28)26-15-18-7-4-5-8-19(18)16-26/h4-5,7-12,21H,6,13-16H2,1-3H3,(H,25,29)(H,27,28)/t21-/m0/s1. The molecule has 1 atom stereocenters. The largest absolute Gasteiger partial charge is 0.494 e. The molecule has 0 aromatic heterocycles. The Labute approximate surface area is 183 Å². The van der Waals surface area contributed by atoms with Crippen molar-refractivity contribution >= 4 is 12.1 Å². The van der Waals surface area contributed by atoms with Crippen LogP contribution < -0.4 is 10.1 Å². The van der Waals surface area contributed by atoms with Crippen molar-refractivity contribution < 1.29 is 24.2 Å². The molecule has 3 rings (SSSR count). The average molecular weight is 427 g/mol. The molecule has 0 radical (unpaired) electrons. The lowest BCUT2D eigenvalue weighted by Crippen LogP contribution is -2.33. The fourth-order valence-corrected chi connectivity index (χ4v) is 3.56. The lowest BCUT2D eigenvalue weighted by Gasteiger charge is -2.24. The lowest BCUT2D eigenvalue weighted by atomic mass is 10.1. The maximum absolute atomic E-state index is 12.0. The van der Waals surface area contributed by atoms with E-state index in [-0.39, 0.29) is 0 Å². The van der Waals surface area contributed by atoms with Crippen molar-refractivity contribution in [1.82, 2.24) is 10.2 Å². The second-order valence-electron chi connectivity index (χ2n) is 8.61. The van der Waals surface area contributed by atoms with Gasteiger partial charge in [0.15, 0.2) is 0 Å². The van der Waals surface area contributed by atoms with Gasteiger partial charge in [-0.3, -0.25) is 9.69 Å². The zero-order valence-electron chi connectivity index (χ0n) is 18.3. The minimum absolute atomic E-state index is 0.430. The van der Waals surface area contributed by atoms with Crippen molar-refractivity contribution in [2.45, 2.75) is 51.9 Å². The summed E-state index contributed by atoms with van der Waals surface area (Å²) in [7, 11) is 0. The van der Waals surface area contributed by atoms with Crippen molar-refractivity contribution in [2.75, 3.05) is 13.2 Å². The Morgan fingerprint density at radius 1 is 1.06 bits per heavy atom. The average Bonchev–Trinajstić information content (AvgIpc) is 3.10. The number of benzene rings is 2. The molecule has 0 aliphatic carbocycles. The number of hydrogen-bond acceptors (Lipinski definition) is 5. The topological polar surface area (TPSA) is 88.1 Å². The molecule has 1 heterocycles.